The van der Waals surface area contributed by atoms with Crippen molar-refractivity contribution >= 4 is 5.91 Å². The maximum absolute atomic E-state index is 12.0. The van der Waals surface area contributed by atoms with Crippen molar-refractivity contribution in [2.75, 3.05) is 13.6 Å². The second-order valence-electron chi connectivity index (χ2n) is 6.99. The molecule has 0 saturated heterocycles. The van der Waals surface area contributed by atoms with Crippen LogP contribution in [0, 0.1) is 5.41 Å². The Labute approximate surface area is 137 Å². The number of nitrogens with one attached hydrogen (secondary N) is 2. The first-order valence-corrected chi connectivity index (χ1v) is 8.06. The summed E-state index contributed by atoms with van der Waals surface area (Å²) in [4.78, 5) is 12.0. The van der Waals surface area contributed by atoms with E-state index in [1.807, 2.05) is 29.1 Å². The first-order chi connectivity index (χ1) is 11.0. The van der Waals surface area contributed by atoms with Crippen molar-refractivity contribution in [3.8, 4) is 5.69 Å². The molecule has 0 aliphatic heterocycles. The number of carbonyl (C=O) groups is 1. The number of likely N-dealkylation sites (N-methyl/N-ethyl adjacent to an activating group) is 1. The first-order valence-electron chi connectivity index (χ1n) is 8.06. The summed E-state index contributed by atoms with van der Waals surface area (Å²) in [6.07, 6.45) is 3.79. The molecule has 0 radical (unpaired) electrons. The average Bonchev–Trinajstić information content (AvgIpc) is 2.90. The van der Waals surface area contributed by atoms with Crippen molar-refractivity contribution in [3.05, 3.63) is 47.8 Å². The van der Waals surface area contributed by atoms with Crippen LogP contribution in [0.25, 0.3) is 5.69 Å². The van der Waals surface area contributed by atoms with E-state index in [1.54, 1.807) is 7.05 Å². The summed E-state index contributed by atoms with van der Waals surface area (Å²) in [5.74, 6) is 0.0219. The minimum absolute atomic E-state index is 0.0204. The molecule has 0 fully saturated rings. The van der Waals surface area contributed by atoms with Crippen molar-refractivity contribution in [1.82, 2.24) is 20.4 Å². The first kappa shape index (κ1) is 15.7. The van der Waals surface area contributed by atoms with E-state index >= 15 is 0 Å². The van der Waals surface area contributed by atoms with Gasteiger partial charge in [-0.1, -0.05) is 32.0 Å². The Morgan fingerprint density at radius 3 is 2.78 bits per heavy atom. The SMILES string of the molecule is CNCC(=O)NC1CC(C)(C)Cc2c1cnn2-c1ccccc1. The fourth-order valence-electron chi connectivity index (χ4n) is 3.37. The van der Waals surface area contributed by atoms with E-state index < -0.39 is 0 Å². The Hall–Kier alpha value is -2.14. The van der Waals surface area contributed by atoms with E-state index in [2.05, 4.69) is 41.7 Å². The normalized spacial score (nSPS) is 19.2. The van der Waals surface area contributed by atoms with Crippen LogP contribution >= 0.6 is 0 Å². The van der Waals surface area contributed by atoms with Crippen molar-refractivity contribution in [3.63, 3.8) is 0 Å². The lowest BCUT2D eigenvalue weighted by Crippen LogP contribution is -2.39. The van der Waals surface area contributed by atoms with Crippen molar-refractivity contribution < 1.29 is 4.79 Å². The van der Waals surface area contributed by atoms with Crippen LogP contribution in [0.4, 0.5) is 0 Å². The monoisotopic (exact) mass is 312 g/mol. The van der Waals surface area contributed by atoms with Gasteiger partial charge in [-0.05, 0) is 37.4 Å². The molecule has 0 spiro atoms. The molecule has 5 nitrogen and oxygen atoms in total. The number of benzene rings is 1. The second-order valence-corrected chi connectivity index (χ2v) is 6.99. The van der Waals surface area contributed by atoms with E-state index in [-0.39, 0.29) is 17.4 Å². The molecule has 1 aromatic carbocycles. The lowest BCUT2D eigenvalue weighted by Gasteiger charge is -2.36. The molecule has 2 N–H and O–H groups in total. The molecule has 1 unspecified atom stereocenters. The van der Waals surface area contributed by atoms with Gasteiger partial charge in [-0.2, -0.15) is 5.10 Å². The van der Waals surface area contributed by atoms with Crippen LogP contribution in [0.1, 0.15) is 37.6 Å². The molecular weight excluding hydrogens is 288 g/mol. The lowest BCUT2D eigenvalue weighted by molar-refractivity contribution is -0.121. The summed E-state index contributed by atoms with van der Waals surface area (Å²) in [7, 11) is 1.78. The average molecular weight is 312 g/mol. The third-order valence-electron chi connectivity index (χ3n) is 4.35. The molecular formula is C18H24N4O. The summed E-state index contributed by atoms with van der Waals surface area (Å²) in [5.41, 5.74) is 3.52. The van der Waals surface area contributed by atoms with Gasteiger partial charge in [-0.15, -0.1) is 0 Å². The van der Waals surface area contributed by atoms with Crippen LogP contribution in [0.5, 0.6) is 0 Å². The quantitative estimate of drug-likeness (QED) is 0.910. The van der Waals surface area contributed by atoms with Gasteiger partial charge in [-0.25, -0.2) is 4.68 Å². The minimum atomic E-state index is 0.0204. The molecule has 1 atom stereocenters. The number of fused-ring (bicyclic) bond motifs is 1. The van der Waals surface area contributed by atoms with E-state index in [1.165, 1.54) is 5.69 Å². The molecule has 23 heavy (non-hydrogen) atoms. The number of carbonyl (C=O) groups excluding carboxylic acids is 1. The zero-order valence-electron chi connectivity index (χ0n) is 14.0. The second kappa shape index (κ2) is 6.16. The Kier molecular flexibility index (Phi) is 4.22. The van der Waals surface area contributed by atoms with E-state index in [0.717, 1.165) is 24.1 Å². The molecule has 1 heterocycles. The highest BCUT2D eigenvalue weighted by Crippen LogP contribution is 2.41. The number of amides is 1. The van der Waals surface area contributed by atoms with E-state index in [4.69, 9.17) is 0 Å². The predicted molar refractivity (Wildman–Crippen MR) is 90.5 cm³/mol. The molecule has 3 rings (SSSR count). The van der Waals surface area contributed by atoms with E-state index in [0.29, 0.717) is 6.54 Å². The van der Waals surface area contributed by atoms with Gasteiger partial charge in [0, 0.05) is 5.56 Å². The van der Waals surface area contributed by atoms with Gasteiger partial charge in [0.05, 0.1) is 30.2 Å². The Morgan fingerprint density at radius 2 is 2.09 bits per heavy atom. The van der Waals surface area contributed by atoms with Gasteiger partial charge >= 0.3 is 0 Å². The maximum Gasteiger partial charge on any atom is 0.234 e. The van der Waals surface area contributed by atoms with Gasteiger partial charge in [0.1, 0.15) is 0 Å². The fraction of sp³-hybridized carbons (Fsp3) is 0.444. The molecule has 5 heteroatoms. The predicted octanol–water partition coefficient (Wildman–Crippen LogP) is 2.22. The lowest BCUT2D eigenvalue weighted by atomic mass is 9.74. The van der Waals surface area contributed by atoms with Gasteiger partial charge in [0.2, 0.25) is 5.91 Å². The third kappa shape index (κ3) is 3.29. The molecule has 122 valence electrons. The summed E-state index contributed by atoms with van der Waals surface area (Å²) in [6, 6.07) is 10.2. The van der Waals surface area contributed by atoms with Crippen LogP contribution in [-0.4, -0.2) is 29.3 Å². The highest BCUT2D eigenvalue weighted by atomic mass is 16.1. The standard InChI is InChI=1S/C18H24N4O/c1-18(2)9-15(21-17(23)12-19-3)14-11-20-22(16(14)10-18)13-7-5-4-6-8-13/h4-8,11,15,19H,9-10,12H2,1-3H3,(H,21,23). The molecule has 1 aromatic heterocycles. The summed E-state index contributed by atoms with van der Waals surface area (Å²) in [6.45, 7) is 4.82. The Bertz CT molecular complexity index is 690. The van der Waals surface area contributed by atoms with Gasteiger partial charge in [-0.3, -0.25) is 4.79 Å². The smallest absolute Gasteiger partial charge is 0.234 e. The fourth-order valence-corrected chi connectivity index (χ4v) is 3.37. The highest BCUT2D eigenvalue weighted by molar-refractivity contribution is 5.78. The van der Waals surface area contributed by atoms with Crippen molar-refractivity contribution in [2.45, 2.75) is 32.7 Å². The molecule has 1 aliphatic carbocycles. The van der Waals surface area contributed by atoms with Crippen LogP contribution in [0.15, 0.2) is 36.5 Å². The van der Waals surface area contributed by atoms with E-state index in [9.17, 15) is 4.79 Å². The summed E-state index contributed by atoms with van der Waals surface area (Å²) in [5, 5.41) is 10.6. The third-order valence-corrected chi connectivity index (χ3v) is 4.35. The van der Waals surface area contributed by atoms with Crippen LogP contribution in [0.2, 0.25) is 0 Å². The van der Waals surface area contributed by atoms with Crippen LogP contribution < -0.4 is 10.6 Å². The van der Waals surface area contributed by atoms with Crippen molar-refractivity contribution in [1.29, 1.82) is 0 Å². The molecule has 2 aromatic rings. The zero-order chi connectivity index (χ0) is 16.4. The number of aromatic nitrogens is 2. The number of rotatable bonds is 4. The topological polar surface area (TPSA) is 59.0 Å². The van der Waals surface area contributed by atoms with Gasteiger partial charge < -0.3 is 10.6 Å². The number of nitrogens with zero attached hydrogens (tertiary/aromatic N) is 2. The van der Waals surface area contributed by atoms with Gasteiger partial charge in [0.25, 0.3) is 0 Å². The Balaban J connectivity index is 1.96. The van der Waals surface area contributed by atoms with Crippen LogP contribution in [-0.2, 0) is 11.2 Å². The maximum atomic E-state index is 12.0. The number of hydrogen-bond acceptors (Lipinski definition) is 3. The number of hydrogen-bond donors (Lipinski definition) is 2. The molecule has 1 amide bonds. The highest BCUT2D eigenvalue weighted by Gasteiger charge is 2.35. The molecule has 1 aliphatic rings. The largest absolute Gasteiger partial charge is 0.348 e. The minimum Gasteiger partial charge on any atom is -0.348 e. The van der Waals surface area contributed by atoms with Crippen molar-refractivity contribution in [2.24, 2.45) is 5.41 Å². The summed E-state index contributed by atoms with van der Waals surface area (Å²) >= 11 is 0. The molecule has 0 bridgehead atoms. The molecule has 0 saturated carbocycles. The Morgan fingerprint density at radius 1 is 1.35 bits per heavy atom. The number of para-hydroxylation sites is 1. The van der Waals surface area contributed by atoms with Gasteiger partial charge in [0.15, 0.2) is 0 Å². The van der Waals surface area contributed by atoms with Crippen LogP contribution in [0.3, 0.4) is 0 Å². The zero-order valence-corrected chi connectivity index (χ0v) is 14.0. The summed E-state index contributed by atoms with van der Waals surface area (Å²) < 4.78 is 2.01.